The number of hydrogen-bond donors (Lipinski definition) is 1. The van der Waals surface area contributed by atoms with Crippen molar-refractivity contribution in [2.24, 2.45) is 0 Å². The average Bonchev–Trinajstić information content (AvgIpc) is 3.27. The van der Waals surface area contributed by atoms with Crippen LogP contribution in [-0.2, 0) is 24.4 Å². The van der Waals surface area contributed by atoms with Gasteiger partial charge in [-0.3, -0.25) is 9.88 Å². The summed E-state index contributed by atoms with van der Waals surface area (Å²) in [5.41, 5.74) is 2.45. The van der Waals surface area contributed by atoms with Crippen molar-refractivity contribution in [3.05, 3.63) is 76.7 Å². The van der Waals surface area contributed by atoms with Crippen molar-refractivity contribution in [3.63, 3.8) is 0 Å². The van der Waals surface area contributed by atoms with Gasteiger partial charge in [0.05, 0.1) is 46.5 Å². The van der Waals surface area contributed by atoms with E-state index in [9.17, 15) is 14.3 Å². The van der Waals surface area contributed by atoms with E-state index in [1.54, 1.807) is 36.5 Å². The van der Waals surface area contributed by atoms with Crippen molar-refractivity contribution in [3.8, 4) is 11.6 Å². The van der Waals surface area contributed by atoms with Crippen LogP contribution >= 0.6 is 11.6 Å². The van der Waals surface area contributed by atoms with Gasteiger partial charge in [-0.1, -0.05) is 11.6 Å². The lowest BCUT2D eigenvalue weighted by molar-refractivity contribution is -0.0592. The Kier molecular flexibility index (Phi) is 8.00. The molecular weight excluding hydrogens is 553 g/mol. The highest BCUT2D eigenvalue weighted by Crippen LogP contribution is 2.26. The number of rotatable bonds is 10. The van der Waals surface area contributed by atoms with Gasteiger partial charge in [-0.25, -0.2) is 19.2 Å². The molecule has 2 aliphatic rings. The Morgan fingerprint density at radius 2 is 1.98 bits per heavy atom. The van der Waals surface area contributed by atoms with E-state index in [4.69, 9.17) is 30.8 Å². The Bertz CT molecular complexity index is 1550. The second kappa shape index (κ2) is 12.0. The Balaban J connectivity index is 1.06. The van der Waals surface area contributed by atoms with Crippen molar-refractivity contribution >= 4 is 28.6 Å². The van der Waals surface area contributed by atoms with Crippen LogP contribution in [-0.4, -0.2) is 67.4 Å². The lowest BCUT2D eigenvalue weighted by Gasteiger charge is -2.32. The van der Waals surface area contributed by atoms with Gasteiger partial charge < -0.3 is 23.9 Å². The maximum Gasteiger partial charge on any atom is 0.335 e. The van der Waals surface area contributed by atoms with Gasteiger partial charge in [-0.15, -0.1) is 0 Å². The summed E-state index contributed by atoms with van der Waals surface area (Å²) in [6, 6.07) is 9.80. The number of hydrogen-bond acceptors (Lipinski definition) is 8. The fourth-order valence-corrected chi connectivity index (χ4v) is 5.24. The van der Waals surface area contributed by atoms with Gasteiger partial charge in [0.1, 0.15) is 24.3 Å². The predicted octanol–water partition coefficient (Wildman–Crippen LogP) is 4.73. The Hall–Kier alpha value is -3.80. The summed E-state index contributed by atoms with van der Waals surface area (Å²) in [5.74, 6) is -0.134. The first-order chi connectivity index (χ1) is 19.9. The third kappa shape index (κ3) is 6.42. The van der Waals surface area contributed by atoms with E-state index in [1.807, 2.05) is 0 Å². The molecular formula is C29H29ClFN5O5. The second-order valence-electron chi connectivity index (χ2n) is 10.2. The van der Waals surface area contributed by atoms with Crippen LogP contribution in [0.1, 0.15) is 41.1 Å². The molecule has 0 saturated carbocycles. The molecule has 12 heteroatoms. The van der Waals surface area contributed by atoms with Crippen LogP contribution in [0.4, 0.5) is 4.39 Å². The molecule has 214 valence electrons. The molecule has 6 rings (SSSR count). The molecule has 10 nitrogen and oxygen atoms in total. The average molecular weight is 582 g/mol. The molecule has 0 spiro atoms. The zero-order valence-corrected chi connectivity index (χ0v) is 23.0. The molecule has 41 heavy (non-hydrogen) atoms. The molecule has 0 amide bonds. The zero-order chi connectivity index (χ0) is 28.3. The summed E-state index contributed by atoms with van der Waals surface area (Å²) in [5, 5.41) is 9.68. The predicted molar refractivity (Wildman–Crippen MR) is 148 cm³/mol. The van der Waals surface area contributed by atoms with Gasteiger partial charge in [-0.2, -0.15) is 0 Å². The van der Waals surface area contributed by atoms with Crippen molar-refractivity contribution < 1.29 is 28.5 Å². The maximum atomic E-state index is 14.0. The lowest BCUT2D eigenvalue weighted by atomic mass is 10.1. The number of aromatic carboxylic acids is 1. The Labute approximate surface area is 240 Å². The minimum Gasteiger partial charge on any atom is -0.490 e. The van der Waals surface area contributed by atoms with Crippen LogP contribution in [0, 0.1) is 5.82 Å². The van der Waals surface area contributed by atoms with Crippen molar-refractivity contribution in [2.75, 3.05) is 19.7 Å². The van der Waals surface area contributed by atoms with Crippen LogP contribution in [0.2, 0.25) is 5.02 Å². The lowest BCUT2D eigenvalue weighted by Crippen LogP contribution is -2.39. The molecule has 0 unspecified atom stereocenters. The van der Waals surface area contributed by atoms with Crippen LogP contribution in [0.25, 0.3) is 11.0 Å². The molecule has 2 aliphatic heterocycles. The normalized spacial score (nSPS) is 17.9. The molecule has 0 radical (unpaired) electrons. The highest BCUT2D eigenvalue weighted by molar-refractivity contribution is 6.30. The number of carboxylic acid groups (broad SMARTS) is 1. The molecule has 5 heterocycles. The second-order valence-corrected chi connectivity index (χ2v) is 10.7. The molecule has 0 bridgehead atoms. The number of likely N-dealkylation sites (tertiary alicyclic amines) is 1. The topological polar surface area (TPSA) is 112 Å². The van der Waals surface area contributed by atoms with Crippen molar-refractivity contribution in [1.29, 1.82) is 0 Å². The van der Waals surface area contributed by atoms with E-state index < -0.39 is 11.8 Å². The minimum atomic E-state index is -0.954. The smallest absolute Gasteiger partial charge is 0.335 e. The Morgan fingerprint density at radius 1 is 1.15 bits per heavy atom. The number of aromatic nitrogens is 4. The first-order valence-electron chi connectivity index (χ1n) is 13.5. The monoisotopic (exact) mass is 581 g/mol. The molecule has 1 aromatic carbocycles. The SMILES string of the molecule is O=C(O)c1ccc2nc(CN3CCC(Oc4ccnc(COc5ncc(Cl)cc5F)c4)CC3)n(C[C@@H]3CCO3)c2c1. The number of benzene rings is 1. The Morgan fingerprint density at radius 3 is 2.71 bits per heavy atom. The molecule has 4 aromatic rings. The third-order valence-electron chi connectivity index (χ3n) is 7.38. The van der Waals surface area contributed by atoms with Crippen molar-refractivity contribution in [2.45, 2.75) is 51.2 Å². The summed E-state index contributed by atoms with van der Waals surface area (Å²) in [7, 11) is 0. The molecule has 2 saturated heterocycles. The quantitative estimate of drug-likeness (QED) is 0.284. The van der Waals surface area contributed by atoms with E-state index in [1.165, 1.54) is 6.20 Å². The van der Waals surface area contributed by atoms with Crippen molar-refractivity contribution in [1.82, 2.24) is 24.4 Å². The van der Waals surface area contributed by atoms with Gasteiger partial charge in [0, 0.05) is 38.2 Å². The minimum absolute atomic E-state index is 0.0399. The molecule has 0 aliphatic carbocycles. The number of carboxylic acids is 1. The number of nitrogens with zero attached hydrogens (tertiary/aromatic N) is 5. The number of halogens is 2. The van der Waals surface area contributed by atoms with E-state index in [0.717, 1.165) is 61.9 Å². The molecule has 1 atom stereocenters. The summed E-state index contributed by atoms with van der Waals surface area (Å²) in [6.45, 7) is 3.77. The summed E-state index contributed by atoms with van der Waals surface area (Å²) in [4.78, 5) is 26.9. The standard InChI is InChI=1S/C29H29ClFN5O5/c30-19-12-24(31)28(33-14-19)40-17-20-13-22(3-7-32-20)41-21-4-8-35(9-5-21)16-27-34-25-2-1-18(29(37)38)11-26(25)36(27)15-23-6-10-39-23/h1-3,7,11-14,21,23H,4-6,8-10,15-17H2,(H,37,38)/t23-/m0/s1. The van der Waals surface area contributed by atoms with Gasteiger partial charge in [-0.05, 0) is 49.6 Å². The number of carbonyl (C=O) groups is 1. The highest BCUT2D eigenvalue weighted by atomic mass is 35.5. The highest BCUT2D eigenvalue weighted by Gasteiger charge is 2.26. The van der Waals surface area contributed by atoms with Crippen LogP contribution < -0.4 is 9.47 Å². The zero-order valence-electron chi connectivity index (χ0n) is 22.2. The summed E-state index contributed by atoms with van der Waals surface area (Å²) >= 11 is 5.74. The third-order valence-corrected chi connectivity index (χ3v) is 7.58. The number of piperidine rings is 1. The van der Waals surface area contributed by atoms with Gasteiger partial charge in [0.2, 0.25) is 0 Å². The van der Waals surface area contributed by atoms with Gasteiger partial charge in [0.15, 0.2) is 5.82 Å². The van der Waals surface area contributed by atoms with Gasteiger partial charge in [0.25, 0.3) is 5.88 Å². The molecule has 1 N–H and O–H groups in total. The summed E-state index contributed by atoms with van der Waals surface area (Å²) < 4.78 is 33.4. The largest absolute Gasteiger partial charge is 0.490 e. The van der Waals surface area contributed by atoms with Gasteiger partial charge >= 0.3 is 5.97 Å². The number of imidazole rings is 1. The number of fused-ring (bicyclic) bond motifs is 1. The van der Waals surface area contributed by atoms with E-state index in [2.05, 4.69) is 19.4 Å². The van der Waals surface area contributed by atoms with E-state index in [-0.39, 0.29) is 35.3 Å². The van der Waals surface area contributed by atoms with Crippen LogP contribution in [0.15, 0.2) is 48.8 Å². The fraction of sp³-hybridized carbons (Fsp3) is 0.379. The first kappa shape index (κ1) is 27.4. The van der Waals surface area contributed by atoms with Crippen LogP contribution in [0.3, 0.4) is 0 Å². The van der Waals surface area contributed by atoms with E-state index >= 15 is 0 Å². The fourth-order valence-electron chi connectivity index (χ4n) is 5.10. The summed E-state index contributed by atoms with van der Waals surface area (Å²) in [6.07, 6.45) is 5.78. The van der Waals surface area contributed by atoms with E-state index in [0.29, 0.717) is 24.5 Å². The molecule has 2 fully saturated rings. The van der Waals surface area contributed by atoms with Crippen LogP contribution in [0.5, 0.6) is 11.6 Å². The number of ether oxygens (including phenoxy) is 3. The molecule has 3 aromatic heterocycles. The maximum absolute atomic E-state index is 14.0. The first-order valence-corrected chi connectivity index (χ1v) is 13.9. The number of pyridine rings is 2.